The largest absolute Gasteiger partial charge is 0.341 e. The standard InChI is InChI=1S/C22H28N4O3/c1-14(24-20(28)15-6-8-16(9-7-15)22(2,3)4)19(27)25-17-10-12-18(13-11-17)26-21(29)23-5/h6-14H,1-5H3,(H,24,28)(H,25,27)(H2,23,26,29). The normalized spacial score (nSPS) is 11.9. The zero-order valence-corrected chi connectivity index (χ0v) is 17.4. The Labute approximate surface area is 171 Å². The quantitative estimate of drug-likeness (QED) is 0.622. The fraction of sp³-hybridized carbons (Fsp3) is 0.318. The van der Waals surface area contributed by atoms with Crippen LogP contribution in [0.3, 0.4) is 0 Å². The Bertz CT molecular complexity index is 868. The van der Waals surface area contributed by atoms with E-state index in [1.165, 1.54) is 7.05 Å². The molecule has 0 aliphatic rings. The summed E-state index contributed by atoms with van der Waals surface area (Å²) in [4.78, 5) is 36.1. The first kappa shape index (κ1) is 21.9. The van der Waals surface area contributed by atoms with E-state index in [0.717, 1.165) is 5.56 Å². The first-order valence-electron chi connectivity index (χ1n) is 9.41. The van der Waals surface area contributed by atoms with Gasteiger partial charge in [-0.1, -0.05) is 32.9 Å². The molecule has 1 atom stereocenters. The molecule has 4 amide bonds. The number of rotatable bonds is 5. The molecule has 2 aromatic carbocycles. The van der Waals surface area contributed by atoms with Crippen LogP contribution in [0.2, 0.25) is 0 Å². The Hall–Kier alpha value is -3.35. The summed E-state index contributed by atoms with van der Waals surface area (Å²) in [6.45, 7) is 7.94. The van der Waals surface area contributed by atoms with Crippen LogP contribution in [-0.4, -0.2) is 30.9 Å². The third kappa shape index (κ3) is 6.34. The second-order valence-electron chi connectivity index (χ2n) is 7.79. The van der Waals surface area contributed by atoms with E-state index in [4.69, 9.17) is 0 Å². The first-order chi connectivity index (χ1) is 13.6. The Morgan fingerprint density at radius 2 is 1.34 bits per heavy atom. The van der Waals surface area contributed by atoms with Crippen molar-refractivity contribution in [2.24, 2.45) is 0 Å². The summed E-state index contributed by atoms with van der Waals surface area (Å²) < 4.78 is 0. The summed E-state index contributed by atoms with van der Waals surface area (Å²) >= 11 is 0. The summed E-state index contributed by atoms with van der Waals surface area (Å²) in [6, 6.07) is 13.0. The van der Waals surface area contributed by atoms with Crippen molar-refractivity contribution in [3.05, 3.63) is 59.7 Å². The SMILES string of the molecule is CNC(=O)Nc1ccc(NC(=O)C(C)NC(=O)c2ccc(C(C)(C)C)cc2)cc1. The molecule has 0 fully saturated rings. The van der Waals surface area contributed by atoms with Gasteiger partial charge in [0.25, 0.3) is 5.91 Å². The van der Waals surface area contributed by atoms with Crippen LogP contribution in [0.1, 0.15) is 43.6 Å². The van der Waals surface area contributed by atoms with E-state index in [9.17, 15) is 14.4 Å². The minimum atomic E-state index is -0.714. The molecular weight excluding hydrogens is 368 g/mol. The van der Waals surface area contributed by atoms with Gasteiger partial charge in [-0.25, -0.2) is 4.79 Å². The van der Waals surface area contributed by atoms with E-state index >= 15 is 0 Å². The summed E-state index contributed by atoms with van der Waals surface area (Å²) in [5.41, 5.74) is 2.81. The molecule has 1 unspecified atom stereocenters. The molecule has 2 rings (SSSR count). The van der Waals surface area contributed by atoms with Gasteiger partial charge >= 0.3 is 6.03 Å². The van der Waals surface area contributed by atoms with E-state index in [0.29, 0.717) is 16.9 Å². The number of hydrogen-bond acceptors (Lipinski definition) is 3. The highest BCUT2D eigenvalue weighted by Gasteiger charge is 2.18. The lowest BCUT2D eigenvalue weighted by atomic mass is 9.86. The highest BCUT2D eigenvalue weighted by atomic mass is 16.2. The van der Waals surface area contributed by atoms with Crippen molar-refractivity contribution in [1.29, 1.82) is 0 Å². The summed E-state index contributed by atoms with van der Waals surface area (Å²) in [6.07, 6.45) is 0. The van der Waals surface area contributed by atoms with Gasteiger partial charge in [0, 0.05) is 24.0 Å². The van der Waals surface area contributed by atoms with Crippen LogP contribution in [0.15, 0.2) is 48.5 Å². The zero-order chi connectivity index (χ0) is 21.6. The van der Waals surface area contributed by atoms with Crippen molar-refractivity contribution in [3.8, 4) is 0 Å². The third-order valence-electron chi connectivity index (χ3n) is 4.39. The monoisotopic (exact) mass is 396 g/mol. The van der Waals surface area contributed by atoms with Crippen molar-refractivity contribution in [2.75, 3.05) is 17.7 Å². The van der Waals surface area contributed by atoms with Crippen molar-refractivity contribution in [1.82, 2.24) is 10.6 Å². The topological polar surface area (TPSA) is 99.3 Å². The van der Waals surface area contributed by atoms with Crippen molar-refractivity contribution >= 4 is 29.2 Å². The first-order valence-corrected chi connectivity index (χ1v) is 9.41. The fourth-order valence-electron chi connectivity index (χ4n) is 2.55. The van der Waals surface area contributed by atoms with Gasteiger partial charge in [-0.05, 0) is 54.3 Å². The minimum Gasteiger partial charge on any atom is -0.341 e. The summed E-state index contributed by atoms with van der Waals surface area (Å²) in [5.74, 6) is -0.644. The van der Waals surface area contributed by atoms with Crippen molar-refractivity contribution in [2.45, 2.75) is 39.2 Å². The lowest BCUT2D eigenvalue weighted by Gasteiger charge is -2.19. The van der Waals surface area contributed by atoms with E-state index < -0.39 is 6.04 Å². The van der Waals surface area contributed by atoms with Crippen LogP contribution in [0.4, 0.5) is 16.2 Å². The van der Waals surface area contributed by atoms with Gasteiger partial charge in [0.1, 0.15) is 6.04 Å². The summed E-state index contributed by atoms with van der Waals surface area (Å²) in [7, 11) is 1.53. The van der Waals surface area contributed by atoms with E-state index in [1.54, 1.807) is 43.3 Å². The molecule has 29 heavy (non-hydrogen) atoms. The Balaban J connectivity index is 1.93. The second-order valence-corrected chi connectivity index (χ2v) is 7.79. The predicted octanol–water partition coefficient (Wildman–Crippen LogP) is 3.49. The van der Waals surface area contributed by atoms with Gasteiger partial charge in [-0.15, -0.1) is 0 Å². The molecular formula is C22H28N4O3. The van der Waals surface area contributed by atoms with Gasteiger partial charge in [0.05, 0.1) is 0 Å². The van der Waals surface area contributed by atoms with E-state index in [2.05, 4.69) is 42.0 Å². The Morgan fingerprint density at radius 3 is 1.83 bits per heavy atom. The summed E-state index contributed by atoms with van der Waals surface area (Å²) in [5, 5.41) is 10.5. The van der Waals surface area contributed by atoms with E-state index in [1.807, 2.05) is 12.1 Å². The lowest BCUT2D eigenvalue weighted by molar-refractivity contribution is -0.117. The molecule has 0 heterocycles. The van der Waals surface area contributed by atoms with Crippen LogP contribution in [-0.2, 0) is 10.2 Å². The highest BCUT2D eigenvalue weighted by molar-refractivity contribution is 6.01. The number of carbonyl (C=O) groups is 3. The molecule has 2 aromatic rings. The molecule has 0 spiro atoms. The maximum absolute atomic E-state index is 12.4. The smallest absolute Gasteiger partial charge is 0.318 e. The molecule has 154 valence electrons. The maximum Gasteiger partial charge on any atom is 0.318 e. The van der Waals surface area contributed by atoms with Crippen LogP contribution in [0, 0.1) is 0 Å². The van der Waals surface area contributed by atoms with Gasteiger partial charge in [0.15, 0.2) is 0 Å². The molecule has 0 aliphatic carbocycles. The van der Waals surface area contributed by atoms with Gasteiger partial charge < -0.3 is 21.3 Å². The number of amides is 4. The van der Waals surface area contributed by atoms with Crippen LogP contribution in [0.5, 0.6) is 0 Å². The molecule has 0 aliphatic heterocycles. The predicted molar refractivity (Wildman–Crippen MR) is 115 cm³/mol. The van der Waals surface area contributed by atoms with Crippen LogP contribution >= 0.6 is 0 Å². The zero-order valence-electron chi connectivity index (χ0n) is 17.4. The van der Waals surface area contributed by atoms with Crippen molar-refractivity contribution < 1.29 is 14.4 Å². The fourth-order valence-corrected chi connectivity index (χ4v) is 2.55. The van der Waals surface area contributed by atoms with Crippen LogP contribution < -0.4 is 21.3 Å². The molecule has 0 saturated carbocycles. The molecule has 0 radical (unpaired) electrons. The average molecular weight is 396 g/mol. The third-order valence-corrected chi connectivity index (χ3v) is 4.39. The van der Waals surface area contributed by atoms with Crippen molar-refractivity contribution in [3.63, 3.8) is 0 Å². The number of anilines is 2. The minimum absolute atomic E-state index is 0.00753. The number of nitrogens with one attached hydrogen (secondary N) is 4. The van der Waals surface area contributed by atoms with E-state index in [-0.39, 0.29) is 23.3 Å². The number of hydrogen-bond donors (Lipinski definition) is 4. The number of urea groups is 1. The molecule has 7 heteroatoms. The Morgan fingerprint density at radius 1 is 0.828 bits per heavy atom. The number of benzene rings is 2. The highest BCUT2D eigenvalue weighted by Crippen LogP contribution is 2.22. The average Bonchev–Trinajstić information content (AvgIpc) is 2.68. The molecule has 0 aromatic heterocycles. The Kier molecular flexibility index (Phi) is 6.98. The molecule has 0 saturated heterocycles. The maximum atomic E-state index is 12.4. The van der Waals surface area contributed by atoms with Gasteiger partial charge in [0.2, 0.25) is 5.91 Å². The van der Waals surface area contributed by atoms with Gasteiger partial charge in [-0.2, -0.15) is 0 Å². The van der Waals surface area contributed by atoms with Gasteiger partial charge in [-0.3, -0.25) is 9.59 Å². The second kappa shape index (κ2) is 9.23. The van der Waals surface area contributed by atoms with Crippen LogP contribution in [0.25, 0.3) is 0 Å². The number of carbonyl (C=O) groups excluding carboxylic acids is 3. The lowest BCUT2D eigenvalue weighted by Crippen LogP contribution is -2.41. The molecule has 7 nitrogen and oxygen atoms in total. The molecule has 0 bridgehead atoms. The molecule has 4 N–H and O–H groups in total.